The van der Waals surface area contributed by atoms with Crippen molar-refractivity contribution >= 4 is 54.7 Å². The summed E-state index contributed by atoms with van der Waals surface area (Å²) in [4.78, 5) is 31.3. The van der Waals surface area contributed by atoms with Crippen LogP contribution >= 0.6 is 22.9 Å². The molecule has 1 amide bonds. The van der Waals surface area contributed by atoms with Gasteiger partial charge in [-0.2, -0.15) is 5.10 Å². The number of amides is 1. The Morgan fingerprint density at radius 2 is 1.85 bits per heavy atom. The highest BCUT2D eigenvalue weighted by atomic mass is 35.5. The van der Waals surface area contributed by atoms with E-state index in [2.05, 4.69) is 16.9 Å². The maximum absolute atomic E-state index is 13.6. The minimum absolute atomic E-state index is 0.0437. The first-order valence-electron chi connectivity index (χ1n) is 11.6. The summed E-state index contributed by atoms with van der Waals surface area (Å²) in [6.45, 7) is 8.56. The fourth-order valence-corrected chi connectivity index (χ4v) is 6.15. The van der Waals surface area contributed by atoms with Crippen molar-refractivity contribution in [2.24, 2.45) is 0 Å². The molecule has 176 valence electrons. The molecule has 1 saturated heterocycles. The summed E-state index contributed by atoms with van der Waals surface area (Å²) in [5.74, 6) is -0.0437. The zero-order valence-electron chi connectivity index (χ0n) is 19.5. The van der Waals surface area contributed by atoms with E-state index in [0.717, 1.165) is 44.8 Å². The van der Waals surface area contributed by atoms with Gasteiger partial charge in [-0.25, -0.2) is 4.68 Å². The third-order valence-electron chi connectivity index (χ3n) is 6.67. The van der Waals surface area contributed by atoms with Gasteiger partial charge in [-0.3, -0.25) is 9.59 Å². The van der Waals surface area contributed by atoms with Crippen LogP contribution in [0.1, 0.15) is 30.6 Å². The fourth-order valence-electron chi connectivity index (χ4n) is 4.84. The highest BCUT2D eigenvalue weighted by Gasteiger charge is 2.30. The molecule has 2 aromatic carbocycles. The van der Waals surface area contributed by atoms with Crippen LogP contribution in [0.3, 0.4) is 0 Å². The maximum atomic E-state index is 13.6. The molecule has 2 aromatic heterocycles. The highest BCUT2D eigenvalue weighted by molar-refractivity contribution is 7.26. The second kappa shape index (κ2) is 9.04. The molecule has 6 nitrogen and oxygen atoms in total. The summed E-state index contributed by atoms with van der Waals surface area (Å²) in [5, 5.41) is 6.92. The summed E-state index contributed by atoms with van der Waals surface area (Å²) < 4.78 is 3.38. The normalized spacial score (nSPS) is 15.3. The monoisotopic (exact) mass is 494 g/mol. The Bertz CT molecular complexity index is 1450. The molecular formula is C26H27ClN4O2S. The number of rotatable bonds is 4. The van der Waals surface area contributed by atoms with Crippen LogP contribution in [0.5, 0.6) is 0 Å². The van der Waals surface area contributed by atoms with Crippen molar-refractivity contribution in [3.05, 3.63) is 69.1 Å². The van der Waals surface area contributed by atoms with Crippen LogP contribution in [0.25, 0.3) is 20.2 Å². The van der Waals surface area contributed by atoms with Crippen molar-refractivity contribution in [1.29, 1.82) is 0 Å². The van der Waals surface area contributed by atoms with Gasteiger partial charge in [0.2, 0.25) is 5.91 Å². The first kappa shape index (κ1) is 22.9. The number of thiophene rings is 1. The number of carbonyl (C=O) groups excluding carboxylic acids is 1. The molecule has 34 heavy (non-hydrogen) atoms. The number of benzene rings is 2. The lowest BCUT2D eigenvalue weighted by molar-refractivity contribution is -0.135. The molecule has 1 aliphatic rings. The average molecular weight is 495 g/mol. The summed E-state index contributed by atoms with van der Waals surface area (Å²) in [5.41, 5.74) is 2.86. The quantitative estimate of drug-likeness (QED) is 0.392. The summed E-state index contributed by atoms with van der Waals surface area (Å²) >= 11 is 7.79. The van der Waals surface area contributed by atoms with Crippen molar-refractivity contribution in [3.63, 3.8) is 0 Å². The van der Waals surface area contributed by atoms with Gasteiger partial charge in [-0.05, 0) is 44.0 Å². The molecule has 8 heteroatoms. The number of halogens is 1. The summed E-state index contributed by atoms with van der Waals surface area (Å²) in [6, 6.07) is 13.2. The standard InChI is InChI=1S/C26H27ClN4O2S/c1-4-20(25(32)30-13-11-29(12-14-30)21-15-18(27)10-9-16(21)2)31-26(33)23-19-7-5-6-8-22(19)34-24(23)17(3)28-31/h5-10,15,20H,4,11-14H2,1-3H3/t20-/m0/s1. The third kappa shape index (κ3) is 3.87. The van der Waals surface area contributed by atoms with E-state index in [9.17, 15) is 9.59 Å². The van der Waals surface area contributed by atoms with Crippen LogP contribution in [0.4, 0.5) is 5.69 Å². The van der Waals surface area contributed by atoms with E-state index in [4.69, 9.17) is 11.6 Å². The molecule has 0 radical (unpaired) electrons. The van der Waals surface area contributed by atoms with Crippen molar-refractivity contribution in [2.75, 3.05) is 31.1 Å². The first-order valence-corrected chi connectivity index (χ1v) is 12.8. The van der Waals surface area contributed by atoms with Gasteiger partial charge < -0.3 is 9.80 Å². The molecule has 5 rings (SSSR count). The number of hydrogen-bond acceptors (Lipinski definition) is 5. The van der Waals surface area contributed by atoms with Crippen LogP contribution < -0.4 is 10.5 Å². The number of aryl methyl sites for hydroxylation is 2. The van der Waals surface area contributed by atoms with Crippen molar-refractivity contribution < 1.29 is 4.79 Å². The van der Waals surface area contributed by atoms with Crippen LogP contribution in [-0.2, 0) is 4.79 Å². The zero-order chi connectivity index (χ0) is 24.0. The molecule has 0 aliphatic carbocycles. The number of aromatic nitrogens is 2. The molecule has 3 heterocycles. The van der Waals surface area contributed by atoms with Gasteiger partial charge in [0.1, 0.15) is 6.04 Å². The smallest absolute Gasteiger partial charge is 0.276 e. The number of anilines is 1. The van der Waals surface area contributed by atoms with E-state index in [1.807, 2.05) is 61.2 Å². The van der Waals surface area contributed by atoms with Crippen molar-refractivity contribution in [2.45, 2.75) is 33.2 Å². The Kier molecular flexibility index (Phi) is 6.08. The lowest BCUT2D eigenvalue weighted by atomic mass is 10.1. The second-order valence-electron chi connectivity index (χ2n) is 8.80. The molecule has 1 aliphatic heterocycles. The minimum atomic E-state index is -0.617. The summed E-state index contributed by atoms with van der Waals surface area (Å²) in [7, 11) is 0. The molecule has 0 N–H and O–H groups in total. The Morgan fingerprint density at radius 3 is 2.59 bits per heavy atom. The lowest BCUT2D eigenvalue weighted by Crippen LogP contribution is -2.51. The largest absolute Gasteiger partial charge is 0.368 e. The molecule has 0 saturated carbocycles. The molecule has 0 bridgehead atoms. The predicted molar refractivity (Wildman–Crippen MR) is 140 cm³/mol. The maximum Gasteiger partial charge on any atom is 0.276 e. The SMILES string of the molecule is CC[C@@H](C(=O)N1CCN(c2cc(Cl)ccc2C)CC1)n1nc(C)c2sc3ccccc3c2c1=O. The van der Waals surface area contributed by atoms with Crippen LogP contribution in [-0.4, -0.2) is 46.8 Å². The van der Waals surface area contributed by atoms with Crippen molar-refractivity contribution in [3.8, 4) is 0 Å². The van der Waals surface area contributed by atoms with E-state index in [-0.39, 0.29) is 11.5 Å². The van der Waals surface area contributed by atoms with Gasteiger partial charge in [0.05, 0.1) is 15.8 Å². The van der Waals surface area contributed by atoms with E-state index >= 15 is 0 Å². The van der Waals surface area contributed by atoms with Gasteiger partial charge in [0.15, 0.2) is 0 Å². The second-order valence-corrected chi connectivity index (χ2v) is 10.3. The Hall–Kier alpha value is -2.90. The molecular weight excluding hydrogens is 468 g/mol. The Labute approximate surface area is 207 Å². The highest BCUT2D eigenvalue weighted by Crippen LogP contribution is 2.33. The molecule has 1 fully saturated rings. The zero-order valence-corrected chi connectivity index (χ0v) is 21.1. The number of fused-ring (bicyclic) bond motifs is 3. The Morgan fingerprint density at radius 1 is 1.12 bits per heavy atom. The van der Waals surface area contributed by atoms with E-state index < -0.39 is 6.04 Å². The topological polar surface area (TPSA) is 58.4 Å². The van der Waals surface area contributed by atoms with Crippen LogP contribution in [0.15, 0.2) is 47.3 Å². The lowest BCUT2D eigenvalue weighted by Gasteiger charge is -2.38. The van der Waals surface area contributed by atoms with Crippen molar-refractivity contribution in [1.82, 2.24) is 14.7 Å². The number of hydrogen-bond donors (Lipinski definition) is 0. The van der Waals surface area contributed by atoms with E-state index in [0.29, 0.717) is 29.9 Å². The predicted octanol–water partition coefficient (Wildman–Crippen LogP) is 5.18. The first-order chi connectivity index (χ1) is 16.4. The Balaban J connectivity index is 1.43. The molecule has 4 aromatic rings. The van der Waals surface area contributed by atoms with Gasteiger partial charge in [0.25, 0.3) is 5.56 Å². The number of carbonyl (C=O) groups is 1. The molecule has 0 spiro atoms. The van der Waals surface area contributed by atoms with E-state index in [1.165, 1.54) is 4.68 Å². The molecule has 0 unspecified atom stereocenters. The minimum Gasteiger partial charge on any atom is -0.368 e. The summed E-state index contributed by atoms with van der Waals surface area (Å²) in [6.07, 6.45) is 0.506. The van der Waals surface area contributed by atoms with E-state index in [1.54, 1.807) is 11.3 Å². The molecule has 1 atom stereocenters. The third-order valence-corrected chi connectivity index (χ3v) is 8.19. The van der Waals surface area contributed by atoms with Gasteiger partial charge >= 0.3 is 0 Å². The van der Waals surface area contributed by atoms with Gasteiger partial charge in [-0.1, -0.05) is 42.8 Å². The van der Waals surface area contributed by atoms with Gasteiger partial charge in [0, 0.05) is 47.0 Å². The number of nitrogens with zero attached hydrogens (tertiary/aromatic N) is 4. The van der Waals surface area contributed by atoms with Gasteiger partial charge in [-0.15, -0.1) is 11.3 Å². The van der Waals surface area contributed by atoms with Crippen LogP contribution in [0, 0.1) is 13.8 Å². The van der Waals surface area contributed by atoms with Crippen LogP contribution in [0.2, 0.25) is 5.02 Å². The average Bonchev–Trinajstić information content (AvgIpc) is 3.25. The number of piperazine rings is 1. The fraction of sp³-hybridized carbons (Fsp3) is 0.346.